The van der Waals surface area contributed by atoms with Crippen molar-refractivity contribution in [1.29, 1.82) is 0 Å². The number of rotatable bonds is 11. The highest BCUT2D eigenvalue weighted by molar-refractivity contribution is 5.84. The van der Waals surface area contributed by atoms with Crippen molar-refractivity contribution in [3.63, 3.8) is 0 Å². The van der Waals surface area contributed by atoms with Crippen LogP contribution in [-0.2, 0) is 19.3 Å². The van der Waals surface area contributed by atoms with Crippen LogP contribution in [0.1, 0.15) is 44.4 Å². The maximum absolute atomic E-state index is 13.0. The molecule has 0 radical (unpaired) electrons. The third-order valence-electron chi connectivity index (χ3n) is 6.26. The van der Waals surface area contributed by atoms with Crippen molar-refractivity contribution in [1.82, 2.24) is 29.4 Å². The second kappa shape index (κ2) is 11.8. The van der Waals surface area contributed by atoms with Crippen molar-refractivity contribution in [2.24, 2.45) is 0 Å². The maximum Gasteiger partial charge on any atom is 0.416 e. The highest BCUT2D eigenvalue weighted by atomic mass is 19.4. The summed E-state index contributed by atoms with van der Waals surface area (Å²) in [5, 5.41) is 6.68. The Bertz CT molecular complexity index is 1310. The average Bonchev–Trinajstić information content (AvgIpc) is 3.28. The average molecular weight is 527 g/mol. The van der Waals surface area contributed by atoms with E-state index in [1.807, 2.05) is 16.7 Å². The number of nitrogens with zero attached hydrogens (tertiary/aromatic N) is 6. The number of hydrogen-bond donors (Lipinski definition) is 2. The Morgan fingerprint density at radius 2 is 1.68 bits per heavy atom. The second-order valence-corrected chi connectivity index (χ2v) is 9.70. The normalized spacial score (nSPS) is 12.2. The molecule has 0 spiro atoms. The first-order valence-electron chi connectivity index (χ1n) is 12.6. The summed E-state index contributed by atoms with van der Waals surface area (Å²) in [6, 6.07) is 9.76. The van der Waals surface area contributed by atoms with Crippen molar-refractivity contribution in [2.75, 3.05) is 23.7 Å². The molecule has 1 aromatic carbocycles. The predicted molar refractivity (Wildman–Crippen MR) is 143 cm³/mol. The van der Waals surface area contributed by atoms with Gasteiger partial charge in [0.1, 0.15) is 0 Å². The maximum atomic E-state index is 13.0. The summed E-state index contributed by atoms with van der Waals surface area (Å²) in [5.74, 6) is 1.02. The molecule has 202 valence electrons. The van der Waals surface area contributed by atoms with Gasteiger partial charge in [0, 0.05) is 44.1 Å². The Balaban J connectivity index is 1.60. The van der Waals surface area contributed by atoms with Crippen LogP contribution >= 0.6 is 0 Å². The summed E-state index contributed by atoms with van der Waals surface area (Å²) in [5.41, 5.74) is 2.20. The molecule has 0 amide bonds. The van der Waals surface area contributed by atoms with Crippen LogP contribution in [0.25, 0.3) is 11.2 Å². The van der Waals surface area contributed by atoms with Gasteiger partial charge in [-0.05, 0) is 57.0 Å². The lowest BCUT2D eigenvalue weighted by atomic mass is 10.1. The number of alkyl halides is 3. The Morgan fingerprint density at radius 1 is 0.947 bits per heavy atom. The number of hydrogen-bond acceptors (Lipinski definition) is 7. The summed E-state index contributed by atoms with van der Waals surface area (Å²) in [7, 11) is 0. The van der Waals surface area contributed by atoms with E-state index in [0.29, 0.717) is 60.2 Å². The number of anilines is 2. The van der Waals surface area contributed by atoms with Gasteiger partial charge in [0.25, 0.3) is 0 Å². The van der Waals surface area contributed by atoms with E-state index in [4.69, 9.17) is 4.98 Å². The molecule has 0 aliphatic carbocycles. The van der Waals surface area contributed by atoms with Gasteiger partial charge in [-0.2, -0.15) is 23.1 Å². The molecular formula is C27H33F3N8. The van der Waals surface area contributed by atoms with Crippen molar-refractivity contribution in [2.45, 2.75) is 59.0 Å². The lowest BCUT2D eigenvalue weighted by Gasteiger charge is -2.30. The van der Waals surface area contributed by atoms with Crippen molar-refractivity contribution < 1.29 is 13.2 Å². The van der Waals surface area contributed by atoms with Gasteiger partial charge in [-0.25, -0.2) is 4.98 Å². The summed E-state index contributed by atoms with van der Waals surface area (Å²) in [6.45, 7) is 11.0. The van der Waals surface area contributed by atoms with Gasteiger partial charge in [-0.1, -0.05) is 18.2 Å². The minimum Gasteiger partial charge on any atom is -0.367 e. The molecule has 0 atom stereocenters. The Labute approximate surface area is 220 Å². The highest BCUT2D eigenvalue weighted by Gasteiger charge is 2.30. The number of benzene rings is 1. The molecular weight excluding hydrogens is 493 g/mol. The van der Waals surface area contributed by atoms with Crippen LogP contribution in [0.5, 0.6) is 0 Å². The van der Waals surface area contributed by atoms with Crippen LogP contribution in [-0.4, -0.2) is 54.6 Å². The van der Waals surface area contributed by atoms with Gasteiger partial charge >= 0.3 is 6.18 Å². The largest absolute Gasteiger partial charge is 0.416 e. The third kappa shape index (κ3) is 6.77. The van der Waals surface area contributed by atoms with E-state index in [0.717, 1.165) is 24.2 Å². The molecule has 4 aromatic rings. The number of imidazole rings is 1. The summed E-state index contributed by atoms with van der Waals surface area (Å²) in [4.78, 5) is 20.4. The third-order valence-corrected chi connectivity index (χ3v) is 6.26. The molecule has 0 saturated carbocycles. The molecule has 11 heteroatoms. The van der Waals surface area contributed by atoms with Gasteiger partial charge in [-0.3, -0.25) is 9.88 Å². The van der Waals surface area contributed by atoms with Crippen molar-refractivity contribution in [3.8, 4) is 0 Å². The molecule has 0 unspecified atom stereocenters. The molecule has 0 fully saturated rings. The highest BCUT2D eigenvalue weighted by Crippen LogP contribution is 2.29. The molecule has 4 rings (SSSR count). The van der Waals surface area contributed by atoms with Crippen molar-refractivity contribution in [3.05, 3.63) is 71.8 Å². The first kappa shape index (κ1) is 27.3. The van der Waals surface area contributed by atoms with E-state index >= 15 is 0 Å². The molecule has 0 bridgehead atoms. The van der Waals surface area contributed by atoms with E-state index in [1.165, 1.54) is 12.1 Å². The van der Waals surface area contributed by atoms with E-state index in [9.17, 15) is 13.2 Å². The molecule has 3 aromatic heterocycles. The van der Waals surface area contributed by atoms with Gasteiger partial charge in [0.2, 0.25) is 5.95 Å². The molecule has 0 aliphatic heterocycles. The minimum atomic E-state index is -4.37. The SMILES string of the molecule is CC(C)N(CCNc1nc(NCc2cccnc2)nc2c1ncn2Cc1ccc(C(F)(F)F)cc1)C(C)C. The fraction of sp³-hybridized carbons (Fsp3) is 0.407. The van der Waals surface area contributed by atoms with Crippen LogP contribution in [0.2, 0.25) is 0 Å². The van der Waals surface area contributed by atoms with Crippen LogP contribution in [0.15, 0.2) is 55.1 Å². The summed E-state index contributed by atoms with van der Waals surface area (Å²) >= 11 is 0. The quantitative estimate of drug-likeness (QED) is 0.270. The molecule has 38 heavy (non-hydrogen) atoms. The zero-order valence-corrected chi connectivity index (χ0v) is 22.0. The number of fused-ring (bicyclic) bond motifs is 1. The standard InChI is InChI=1S/C27H33F3N8/c1-18(2)38(19(3)4)13-12-32-24-23-25(36-26(35-24)33-15-21-6-5-11-31-14-21)37(17-34-23)16-20-7-9-22(10-8-20)27(28,29)30/h5-11,14,17-19H,12-13,15-16H2,1-4H3,(H2,32,33,35,36). The zero-order valence-electron chi connectivity index (χ0n) is 22.0. The fourth-order valence-corrected chi connectivity index (χ4v) is 4.36. The van der Waals surface area contributed by atoms with Gasteiger partial charge in [0.05, 0.1) is 18.4 Å². The Morgan fingerprint density at radius 3 is 2.32 bits per heavy atom. The van der Waals surface area contributed by atoms with Crippen LogP contribution in [0.3, 0.4) is 0 Å². The van der Waals surface area contributed by atoms with Gasteiger partial charge < -0.3 is 15.2 Å². The van der Waals surface area contributed by atoms with Crippen LogP contribution in [0, 0.1) is 0 Å². The molecule has 0 saturated heterocycles. The fourth-order valence-electron chi connectivity index (χ4n) is 4.36. The van der Waals surface area contributed by atoms with Crippen LogP contribution < -0.4 is 10.6 Å². The van der Waals surface area contributed by atoms with Gasteiger partial charge in [0.15, 0.2) is 17.0 Å². The van der Waals surface area contributed by atoms with E-state index < -0.39 is 11.7 Å². The molecule has 2 N–H and O–H groups in total. The van der Waals surface area contributed by atoms with Gasteiger partial charge in [-0.15, -0.1) is 0 Å². The predicted octanol–water partition coefficient (Wildman–Crippen LogP) is 5.43. The number of halogens is 3. The molecule has 3 heterocycles. The molecule has 8 nitrogen and oxygen atoms in total. The lowest BCUT2D eigenvalue weighted by Crippen LogP contribution is -2.40. The second-order valence-electron chi connectivity index (χ2n) is 9.70. The topological polar surface area (TPSA) is 83.8 Å². The van der Waals surface area contributed by atoms with E-state index in [1.54, 1.807) is 18.7 Å². The number of pyridine rings is 1. The zero-order chi connectivity index (χ0) is 27.3. The van der Waals surface area contributed by atoms with Crippen molar-refractivity contribution >= 4 is 22.9 Å². The number of aromatic nitrogens is 5. The summed E-state index contributed by atoms with van der Waals surface area (Å²) < 4.78 is 40.7. The number of nitrogens with one attached hydrogen (secondary N) is 2. The first-order valence-corrected chi connectivity index (χ1v) is 12.6. The first-order chi connectivity index (χ1) is 18.1. The van der Waals surface area contributed by atoms with E-state index in [2.05, 4.69) is 58.2 Å². The lowest BCUT2D eigenvalue weighted by molar-refractivity contribution is -0.137. The molecule has 0 aliphatic rings. The van der Waals surface area contributed by atoms with E-state index in [-0.39, 0.29) is 0 Å². The summed E-state index contributed by atoms with van der Waals surface area (Å²) in [6.07, 6.45) is 0.753. The smallest absolute Gasteiger partial charge is 0.367 e. The van der Waals surface area contributed by atoms with Crippen LogP contribution in [0.4, 0.5) is 24.9 Å². The monoisotopic (exact) mass is 526 g/mol. The minimum absolute atomic E-state index is 0.321. The Hall–Kier alpha value is -3.73. The Kier molecular flexibility index (Phi) is 8.45.